The van der Waals surface area contributed by atoms with Gasteiger partial charge >= 0.3 is 11.9 Å². The molecule has 0 bridgehead atoms. The van der Waals surface area contributed by atoms with E-state index < -0.39 is 0 Å². The van der Waals surface area contributed by atoms with Crippen LogP contribution < -0.4 is 5.32 Å². The third-order valence-corrected chi connectivity index (χ3v) is 6.21. The van der Waals surface area contributed by atoms with E-state index in [1.165, 1.54) is 14.2 Å². The Balaban J connectivity index is 1.69. The lowest BCUT2D eigenvalue weighted by Crippen LogP contribution is -2.31. The second kappa shape index (κ2) is 10.5. The van der Waals surface area contributed by atoms with Crippen molar-refractivity contribution in [3.63, 3.8) is 0 Å². The predicted octanol–water partition coefficient (Wildman–Crippen LogP) is 3.58. The van der Waals surface area contributed by atoms with Gasteiger partial charge in [-0.15, -0.1) is 0 Å². The summed E-state index contributed by atoms with van der Waals surface area (Å²) < 4.78 is 11.7. The Morgan fingerprint density at radius 1 is 1.06 bits per heavy atom. The number of carbonyl (C=O) groups excluding carboxylic acids is 2. The molecule has 0 unspecified atom stereocenters. The molecule has 8 nitrogen and oxygen atoms in total. The number of aromatic nitrogens is 2. The molecule has 0 spiro atoms. The Labute approximate surface area is 203 Å². The van der Waals surface area contributed by atoms with E-state index in [0.717, 1.165) is 17.1 Å². The summed E-state index contributed by atoms with van der Waals surface area (Å²) in [4.78, 5) is 30.2. The Bertz CT molecular complexity index is 1160. The first kappa shape index (κ1) is 23.4. The summed E-state index contributed by atoms with van der Waals surface area (Å²) in [7, 11) is 2.76. The standard InChI is InChI=1S/C25H26N4O4S/c1-32-21(30)9-6-16-29-23(22(27-25(29)34)19-7-3-4-14-26-19)20-8-5-15-28(20)18-12-10-17(11-13-18)24(31)33-2/h3-5,7-8,10-15,22-23H,6,9,16H2,1-2H3,(H,27,34)/t22-,23+/m1/s1. The lowest BCUT2D eigenvalue weighted by atomic mass is 10.0. The van der Waals surface area contributed by atoms with E-state index in [1.54, 1.807) is 18.3 Å². The van der Waals surface area contributed by atoms with Crippen molar-refractivity contribution >= 4 is 29.3 Å². The monoisotopic (exact) mass is 478 g/mol. The summed E-state index contributed by atoms with van der Waals surface area (Å²) in [5, 5.41) is 4.04. The van der Waals surface area contributed by atoms with Crippen molar-refractivity contribution in [2.75, 3.05) is 20.8 Å². The second-order valence-corrected chi connectivity index (χ2v) is 8.23. The van der Waals surface area contributed by atoms with Crippen LogP contribution in [0.5, 0.6) is 0 Å². The van der Waals surface area contributed by atoms with E-state index >= 15 is 0 Å². The quantitative estimate of drug-likeness (QED) is 0.388. The molecule has 1 N–H and O–H groups in total. The molecule has 2 atom stereocenters. The van der Waals surface area contributed by atoms with Crippen LogP contribution in [0.3, 0.4) is 0 Å². The van der Waals surface area contributed by atoms with E-state index in [4.69, 9.17) is 21.7 Å². The Morgan fingerprint density at radius 3 is 2.53 bits per heavy atom. The molecule has 0 radical (unpaired) electrons. The van der Waals surface area contributed by atoms with Gasteiger partial charge in [0.25, 0.3) is 0 Å². The molecule has 1 saturated heterocycles. The fourth-order valence-corrected chi connectivity index (χ4v) is 4.54. The van der Waals surface area contributed by atoms with Gasteiger partial charge in [0.1, 0.15) is 0 Å². The van der Waals surface area contributed by atoms with Crippen LogP contribution in [0.4, 0.5) is 0 Å². The van der Waals surface area contributed by atoms with Crippen molar-refractivity contribution in [3.05, 3.63) is 83.9 Å². The minimum atomic E-state index is -0.378. The molecule has 1 aliphatic rings. The zero-order chi connectivity index (χ0) is 24.1. The highest BCUT2D eigenvalue weighted by Gasteiger charge is 2.41. The SMILES string of the molecule is COC(=O)CCCN1C(=S)N[C@H](c2ccccn2)[C@@H]1c1cccn1-c1ccc(C(=O)OC)cc1. The smallest absolute Gasteiger partial charge is 0.337 e. The molecule has 4 rings (SSSR count). The molecule has 9 heteroatoms. The normalized spacial score (nSPS) is 17.4. The minimum absolute atomic E-state index is 0.157. The minimum Gasteiger partial charge on any atom is -0.469 e. The van der Waals surface area contributed by atoms with Crippen molar-refractivity contribution in [1.82, 2.24) is 19.8 Å². The number of pyridine rings is 1. The third kappa shape index (κ3) is 4.79. The van der Waals surface area contributed by atoms with Crippen LogP contribution in [-0.2, 0) is 14.3 Å². The van der Waals surface area contributed by atoms with Crippen LogP contribution in [0, 0.1) is 0 Å². The molecule has 3 heterocycles. The summed E-state index contributed by atoms with van der Waals surface area (Å²) in [6.07, 6.45) is 4.66. The average molecular weight is 479 g/mol. The summed E-state index contributed by atoms with van der Waals surface area (Å²) >= 11 is 5.71. The van der Waals surface area contributed by atoms with Gasteiger partial charge in [-0.25, -0.2) is 4.79 Å². The van der Waals surface area contributed by atoms with Crippen molar-refractivity contribution in [2.24, 2.45) is 0 Å². The first-order chi connectivity index (χ1) is 16.5. The molecule has 0 aliphatic carbocycles. The van der Waals surface area contributed by atoms with Crippen LogP contribution in [-0.4, -0.2) is 52.3 Å². The van der Waals surface area contributed by atoms with Gasteiger partial charge < -0.3 is 24.3 Å². The van der Waals surface area contributed by atoms with E-state index in [-0.39, 0.29) is 24.0 Å². The number of nitrogens with one attached hydrogen (secondary N) is 1. The zero-order valence-corrected chi connectivity index (χ0v) is 19.8. The van der Waals surface area contributed by atoms with Gasteiger partial charge in [-0.3, -0.25) is 9.78 Å². The molecule has 0 saturated carbocycles. The zero-order valence-electron chi connectivity index (χ0n) is 19.0. The number of benzene rings is 1. The number of nitrogens with zero attached hydrogens (tertiary/aromatic N) is 3. The lowest BCUT2D eigenvalue weighted by molar-refractivity contribution is -0.140. The number of hydrogen-bond donors (Lipinski definition) is 1. The van der Waals surface area contributed by atoms with E-state index in [9.17, 15) is 9.59 Å². The first-order valence-corrected chi connectivity index (χ1v) is 11.3. The highest BCUT2D eigenvalue weighted by Crippen LogP contribution is 2.39. The molecule has 34 heavy (non-hydrogen) atoms. The van der Waals surface area contributed by atoms with Crippen molar-refractivity contribution < 1.29 is 19.1 Å². The molecule has 1 aromatic carbocycles. The summed E-state index contributed by atoms with van der Waals surface area (Å²) in [6.45, 7) is 0.585. The van der Waals surface area contributed by atoms with Gasteiger partial charge in [-0.05, 0) is 67.2 Å². The van der Waals surface area contributed by atoms with Crippen LogP contribution in [0.15, 0.2) is 67.0 Å². The van der Waals surface area contributed by atoms with Gasteiger partial charge in [0.15, 0.2) is 5.11 Å². The molecular formula is C25H26N4O4S. The molecule has 1 aliphatic heterocycles. The fraction of sp³-hybridized carbons (Fsp3) is 0.280. The Hall–Kier alpha value is -3.72. The van der Waals surface area contributed by atoms with Crippen molar-refractivity contribution in [3.8, 4) is 5.69 Å². The maximum absolute atomic E-state index is 11.8. The highest BCUT2D eigenvalue weighted by molar-refractivity contribution is 7.80. The molecule has 3 aromatic rings. The van der Waals surface area contributed by atoms with Crippen LogP contribution in [0.25, 0.3) is 5.69 Å². The lowest BCUT2D eigenvalue weighted by Gasteiger charge is -2.29. The van der Waals surface area contributed by atoms with Crippen LogP contribution in [0.2, 0.25) is 0 Å². The van der Waals surface area contributed by atoms with E-state index in [0.29, 0.717) is 30.1 Å². The topological polar surface area (TPSA) is 85.7 Å². The highest BCUT2D eigenvalue weighted by atomic mass is 32.1. The maximum Gasteiger partial charge on any atom is 0.337 e. The molecule has 1 fully saturated rings. The van der Waals surface area contributed by atoms with Crippen molar-refractivity contribution in [2.45, 2.75) is 24.9 Å². The van der Waals surface area contributed by atoms with Gasteiger partial charge in [0.2, 0.25) is 0 Å². The Morgan fingerprint density at radius 2 is 1.85 bits per heavy atom. The van der Waals surface area contributed by atoms with Crippen molar-refractivity contribution in [1.29, 1.82) is 0 Å². The van der Waals surface area contributed by atoms with Crippen LogP contribution in [0.1, 0.15) is 46.7 Å². The van der Waals surface area contributed by atoms with E-state index in [2.05, 4.69) is 25.8 Å². The predicted molar refractivity (Wildman–Crippen MR) is 131 cm³/mol. The second-order valence-electron chi connectivity index (χ2n) is 7.84. The number of ether oxygens (including phenoxy) is 2. The van der Waals surface area contributed by atoms with Gasteiger partial charge in [-0.1, -0.05) is 6.07 Å². The first-order valence-electron chi connectivity index (χ1n) is 10.9. The number of esters is 2. The van der Waals surface area contributed by atoms with Gasteiger partial charge in [-0.2, -0.15) is 0 Å². The Kier molecular flexibility index (Phi) is 7.22. The van der Waals surface area contributed by atoms with Gasteiger partial charge in [0.05, 0.1) is 37.6 Å². The average Bonchev–Trinajstić information content (AvgIpc) is 3.48. The maximum atomic E-state index is 11.8. The largest absolute Gasteiger partial charge is 0.469 e. The number of carbonyl (C=O) groups is 2. The third-order valence-electron chi connectivity index (χ3n) is 5.86. The number of rotatable bonds is 8. The van der Waals surface area contributed by atoms with Gasteiger partial charge in [0, 0.05) is 36.7 Å². The number of hydrogen-bond acceptors (Lipinski definition) is 6. The molecule has 176 valence electrons. The summed E-state index contributed by atoms with van der Waals surface area (Å²) in [5.41, 5.74) is 3.27. The summed E-state index contributed by atoms with van der Waals surface area (Å²) in [5.74, 6) is -0.624. The van der Waals surface area contributed by atoms with E-state index in [1.807, 2.05) is 42.6 Å². The molecule has 2 aromatic heterocycles. The van der Waals surface area contributed by atoms with Crippen LogP contribution >= 0.6 is 12.2 Å². The molecule has 0 amide bonds. The fourth-order valence-electron chi connectivity index (χ4n) is 4.21. The number of thiocarbonyl (C=S) groups is 1. The molecular weight excluding hydrogens is 452 g/mol. The number of methoxy groups -OCH3 is 2. The summed E-state index contributed by atoms with van der Waals surface area (Å²) in [6, 6.07) is 16.8.